The molecule has 0 radical (unpaired) electrons. The van der Waals surface area contributed by atoms with Crippen molar-refractivity contribution < 1.29 is 4.57 Å². The molecule has 0 aliphatic rings. The van der Waals surface area contributed by atoms with Gasteiger partial charge in [-0.1, -0.05) is 107 Å². The highest BCUT2D eigenvalue weighted by atomic mass is 15.3. The summed E-state index contributed by atoms with van der Waals surface area (Å²) in [4.78, 5) is 0. The summed E-state index contributed by atoms with van der Waals surface area (Å²) in [6.45, 7) is 11.5. The van der Waals surface area contributed by atoms with Crippen LogP contribution in [0.1, 0.15) is 56.2 Å². The molecule has 6 aromatic rings. The van der Waals surface area contributed by atoms with Gasteiger partial charge in [0.1, 0.15) is 23.1 Å². The molecule has 3 nitrogen and oxygen atoms in total. The van der Waals surface area contributed by atoms with Crippen LogP contribution in [-0.2, 0) is 7.05 Å². The molecule has 0 N–H and O–H groups in total. The van der Waals surface area contributed by atoms with Crippen molar-refractivity contribution in [1.29, 1.82) is 0 Å². The monoisotopic (exact) mass is 524 g/mol. The van der Waals surface area contributed by atoms with Crippen LogP contribution in [0.25, 0.3) is 44.9 Å². The minimum absolute atomic E-state index is 0.355. The van der Waals surface area contributed by atoms with E-state index in [1.54, 1.807) is 0 Å². The maximum Gasteiger partial charge on any atom is 0.374 e. The standard InChI is InChI=1S/C37H38N3/c1-25(2)32-22-31(28-15-9-7-10-16-28)23-33(26(3)4)36(32)39-21-20-38(6)37(39)40-34(29-17-11-8-12-18-29)24-30-19-13-14-27(5)35(30)40/h7-26H,1-6H3/q+1. The lowest BCUT2D eigenvalue weighted by Crippen LogP contribution is -2.33. The van der Waals surface area contributed by atoms with Crippen LogP contribution in [0.2, 0.25) is 0 Å². The molecule has 0 aliphatic heterocycles. The number of hydrogen-bond acceptors (Lipinski definition) is 0. The zero-order valence-corrected chi connectivity index (χ0v) is 24.4. The highest BCUT2D eigenvalue weighted by Gasteiger charge is 2.30. The van der Waals surface area contributed by atoms with Gasteiger partial charge in [-0.15, -0.1) is 0 Å². The average Bonchev–Trinajstić information content (AvgIpc) is 3.53. The summed E-state index contributed by atoms with van der Waals surface area (Å²) in [6, 6.07) is 35.3. The zero-order chi connectivity index (χ0) is 28.0. The Balaban J connectivity index is 1.70. The second-order valence-electron chi connectivity index (χ2n) is 11.5. The molecule has 0 saturated heterocycles. The number of imidazole rings is 1. The first-order chi connectivity index (χ1) is 19.3. The van der Waals surface area contributed by atoms with Crippen molar-refractivity contribution in [2.75, 3.05) is 0 Å². The van der Waals surface area contributed by atoms with E-state index in [2.05, 4.69) is 165 Å². The molecule has 0 aliphatic carbocycles. The van der Waals surface area contributed by atoms with Gasteiger partial charge < -0.3 is 0 Å². The molecule has 0 fully saturated rings. The van der Waals surface area contributed by atoms with Crippen molar-refractivity contribution in [1.82, 2.24) is 9.13 Å². The van der Waals surface area contributed by atoms with Gasteiger partial charge in [-0.2, -0.15) is 4.57 Å². The molecule has 2 aromatic heterocycles. The number of aromatic nitrogens is 3. The topological polar surface area (TPSA) is 13.7 Å². The van der Waals surface area contributed by atoms with E-state index < -0.39 is 0 Å². The number of fused-ring (bicyclic) bond motifs is 1. The lowest BCUT2D eigenvalue weighted by molar-refractivity contribution is -0.664. The van der Waals surface area contributed by atoms with Crippen LogP contribution in [0.5, 0.6) is 0 Å². The molecule has 0 saturated carbocycles. The number of hydrogen-bond donors (Lipinski definition) is 0. The number of nitrogens with zero attached hydrogens (tertiary/aromatic N) is 3. The van der Waals surface area contributed by atoms with Crippen molar-refractivity contribution in [3.8, 4) is 34.0 Å². The minimum atomic E-state index is 0.355. The fraction of sp³-hybridized carbons (Fsp3) is 0.216. The lowest BCUT2D eigenvalue weighted by atomic mass is 9.88. The Kier molecular flexibility index (Phi) is 6.67. The van der Waals surface area contributed by atoms with E-state index in [-0.39, 0.29) is 0 Å². The minimum Gasteiger partial charge on any atom is -0.237 e. The fourth-order valence-corrected chi connectivity index (χ4v) is 6.01. The van der Waals surface area contributed by atoms with Crippen LogP contribution < -0.4 is 4.57 Å². The summed E-state index contributed by atoms with van der Waals surface area (Å²) in [6.07, 6.45) is 4.43. The van der Waals surface area contributed by atoms with E-state index in [0.717, 1.165) is 5.95 Å². The Bertz CT molecular complexity index is 1770. The third-order valence-corrected chi connectivity index (χ3v) is 8.03. The van der Waals surface area contributed by atoms with Crippen LogP contribution in [0, 0.1) is 6.92 Å². The smallest absolute Gasteiger partial charge is 0.237 e. The van der Waals surface area contributed by atoms with Gasteiger partial charge in [-0.3, -0.25) is 0 Å². The van der Waals surface area contributed by atoms with Crippen molar-refractivity contribution in [2.45, 2.75) is 46.5 Å². The van der Waals surface area contributed by atoms with Crippen molar-refractivity contribution in [2.24, 2.45) is 7.05 Å². The third-order valence-electron chi connectivity index (χ3n) is 8.03. The van der Waals surface area contributed by atoms with E-state index in [0.29, 0.717) is 11.8 Å². The summed E-state index contributed by atoms with van der Waals surface area (Å²) in [5, 5.41) is 1.25. The van der Waals surface area contributed by atoms with Gasteiger partial charge >= 0.3 is 5.95 Å². The molecule has 0 bridgehead atoms. The molecule has 2 heterocycles. The number of para-hydroxylation sites is 1. The summed E-state index contributed by atoms with van der Waals surface area (Å²) in [5.41, 5.74) is 11.5. The van der Waals surface area contributed by atoms with Crippen LogP contribution in [0.4, 0.5) is 0 Å². The second kappa shape index (κ2) is 10.3. The maximum atomic E-state index is 2.46. The third kappa shape index (κ3) is 4.36. The fourth-order valence-electron chi connectivity index (χ4n) is 6.01. The highest BCUT2D eigenvalue weighted by Crippen LogP contribution is 2.39. The first-order valence-electron chi connectivity index (χ1n) is 14.3. The van der Waals surface area contributed by atoms with Crippen molar-refractivity contribution in [3.63, 3.8) is 0 Å². The second-order valence-corrected chi connectivity index (χ2v) is 11.5. The Morgan fingerprint density at radius 3 is 1.85 bits per heavy atom. The number of benzene rings is 4. The molecule has 200 valence electrons. The van der Waals surface area contributed by atoms with E-state index in [9.17, 15) is 0 Å². The highest BCUT2D eigenvalue weighted by molar-refractivity contribution is 5.91. The van der Waals surface area contributed by atoms with E-state index in [1.165, 1.54) is 55.7 Å². The summed E-state index contributed by atoms with van der Waals surface area (Å²) in [7, 11) is 2.16. The first-order valence-corrected chi connectivity index (χ1v) is 14.3. The van der Waals surface area contributed by atoms with Gasteiger partial charge in [0.15, 0.2) is 0 Å². The van der Waals surface area contributed by atoms with Crippen LogP contribution >= 0.6 is 0 Å². The van der Waals surface area contributed by atoms with Gasteiger partial charge in [-0.25, -0.2) is 9.13 Å². The maximum absolute atomic E-state index is 2.46. The molecule has 0 amide bonds. The van der Waals surface area contributed by atoms with Gasteiger partial charge in [0.2, 0.25) is 0 Å². The molecule has 40 heavy (non-hydrogen) atoms. The van der Waals surface area contributed by atoms with Crippen LogP contribution in [0.3, 0.4) is 0 Å². The summed E-state index contributed by atoms with van der Waals surface area (Å²) >= 11 is 0. The molecule has 6 rings (SSSR count). The molecule has 0 atom stereocenters. The largest absolute Gasteiger partial charge is 0.374 e. The molecule has 0 unspecified atom stereocenters. The van der Waals surface area contributed by atoms with Gasteiger partial charge in [0.05, 0.1) is 13.2 Å². The van der Waals surface area contributed by atoms with E-state index >= 15 is 0 Å². The van der Waals surface area contributed by atoms with Gasteiger partial charge in [0, 0.05) is 10.9 Å². The predicted octanol–water partition coefficient (Wildman–Crippen LogP) is 9.13. The van der Waals surface area contributed by atoms with Crippen molar-refractivity contribution in [3.05, 3.63) is 126 Å². The lowest BCUT2D eigenvalue weighted by Gasteiger charge is -2.21. The SMILES string of the molecule is Cc1cccc2cc(-c3ccccc3)n(-c3n(-c4c(C(C)C)cc(-c5ccccc5)cc4C(C)C)cc[n+]3C)c12. The van der Waals surface area contributed by atoms with Crippen LogP contribution in [0.15, 0.2) is 109 Å². The summed E-state index contributed by atoms with van der Waals surface area (Å²) in [5.74, 6) is 1.83. The van der Waals surface area contributed by atoms with E-state index in [1.807, 2.05) is 0 Å². The number of rotatable bonds is 6. The number of aryl methyl sites for hydroxylation is 2. The van der Waals surface area contributed by atoms with Crippen molar-refractivity contribution >= 4 is 10.9 Å². The van der Waals surface area contributed by atoms with Gasteiger partial charge in [-0.05, 0) is 64.8 Å². The Hall–Kier alpha value is -4.37. The van der Waals surface area contributed by atoms with E-state index in [4.69, 9.17) is 0 Å². The Morgan fingerprint density at radius 2 is 1.25 bits per heavy atom. The zero-order valence-electron chi connectivity index (χ0n) is 24.4. The van der Waals surface area contributed by atoms with Gasteiger partial charge in [0.25, 0.3) is 0 Å². The normalized spacial score (nSPS) is 11.7. The Morgan fingerprint density at radius 1 is 0.650 bits per heavy atom. The first kappa shape index (κ1) is 25.9. The molecular formula is C37H38N3+. The Labute approximate surface area is 238 Å². The predicted molar refractivity (Wildman–Crippen MR) is 168 cm³/mol. The molecular weight excluding hydrogens is 486 g/mol. The average molecular weight is 525 g/mol. The molecule has 3 heteroatoms. The molecule has 4 aromatic carbocycles. The molecule has 0 spiro atoms. The quantitative estimate of drug-likeness (QED) is 0.193. The van der Waals surface area contributed by atoms with Crippen LogP contribution in [-0.4, -0.2) is 9.13 Å². The summed E-state index contributed by atoms with van der Waals surface area (Å²) < 4.78 is 7.15.